The van der Waals surface area contributed by atoms with Crippen molar-refractivity contribution in [2.24, 2.45) is 0 Å². The molecule has 2 amide bonds. The molecular weight excluding hydrogens is 464 g/mol. The largest absolute Gasteiger partial charge is 0.497 e. The van der Waals surface area contributed by atoms with E-state index in [9.17, 15) is 9.59 Å². The highest BCUT2D eigenvalue weighted by Crippen LogP contribution is 2.33. The summed E-state index contributed by atoms with van der Waals surface area (Å²) < 4.78 is 11.7. The number of methoxy groups -OCH3 is 1. The van der Waals surface area contributed by atoms with Gasteiger partial charge in [0.15, 0.2) is 5.78 Å². The van der Waals surface area contributed by atoms with E-state index in [0.29, 0.717) is 41.3 Å². The molecule has 0 aliphatic carbocycles. The molecule has 2 N–H and O–H groups in total. The standard InChI is InChI=1S/C31H30N2O4/c1-3-11-28(34)27-21-25(33-31(35)32-24-16-10-17-26(20-24)36-2)18-19-29(27)37-30(22-12-6-4-7-13-22)23-14-8-5-9-15-23/h4-10,12-21,30H,3,11H2,1-2H3,(H2,32,33,35). The topological polar surface area (TPSA) is 76.7 Å². The van der Waals surface area contributed by atoms with Crippen LogP contribution in [0.25, 0.3) is 0 Å². The molecule has 0 saturated carbocycles. The number of benzene rings is 4. The summed E-state index contributed by atoms with van der Waals surface area (Å²) in [6.45, 7) is 1.96. The third-order valence-corrected chi connectivity index (χ3v) is 5.79. The first kappa shape index (κ1) is 25.5. The van der Waals surface area contributed by atoms with Crippen LogP contribution in [0.3, 0.4) is 0 Å². The summed E-state index contributed by atoms with van der Waals surface area (Å²) in [6.07, 6.45) is 0.676. The van der Waals surface area contributed by atoms with Crippen LogP contribution in [0.1, 0.15) is 47.4 Å². The van der Waals surface area contributed by atoms with Gasteiger partial charge in [-0.25, -0.2) is 4.79 Å². The molecule has 0 heterocycles. The zero-order valence-electron chi connectivity index (χ0n) is 20.9. The van der Waals surface area contributed by atoms with Gasteiger partial charge in [-0.3, -0.25) is 4.79 Å². The zero-order valence-corrected chi connectivity index (χ0v) is 20.9. The van der Waals surface area contributed by atoms with Crippen molar-refractivity contribution in [3.63, 3.8) is 0 Å². The molecule has 0 bridgehead atoms. The average Bonchev–Trinajstić information content (AvgIpc) is 2.93. The minimum absolute atomic E-state index is 0.0470. The predicted molar refractivity (Wildman–Crippen MR) is 147 cm³/mol. The van der Waals surface area contributed by atoms with E-state index in [0.717, 1.165) is 11.1 Å². The van der Waals surface area contributed by atoms with Crippen molar-refractivity contribution in [3.05, 3.63) is 120 Å². The van der Waals surface area contributed by atoms with E-state index >= 15 is 0 Å². The van der Waals surface area contributed by atoms with Crippen molar-refractivity contribution >= 4 is 23.2 Å². The highest BCUT2D eigenvalue weighted by molar-refractivity contribution is 6.03. The molecule has 0 radical (unpaired) electrons. The number of ketones is 1. The van der Waals surface area contributed by atoms with Gasteiger partial charge in [-0.1, -0.05) is 73.7 Å². The fourth-order valence-corrected chi connectivity index (χ4v) is 4.00. The Morgan fingerprint density at radius 1 is 0.757 bits per heavy atom. The number of hydrogen-bond acceptors (Lipinski definition) is 4. The van der Waals surface area contributed by atoms with Gasteiger partial charge in [-0.2, -0.15) is 0 Å². The molecule has 6 heteroatoms. The van der Waals surface area contributed by atoms with E-state index in [1.165, 1.54) is 0 Å². The maximum absolute atomic E-state index is 13.1. The highest BCUT2D eigenvalue weighted by atomic mass is 16.5. The van der Waals surface area contributed by atoms with Gasteiger partial charge < -0.3 is 20.1 Å². The van der Waals surface area contributed by atoms with Gasteiger partial charge in [0.05, 0.1) is 12.7 Å². The van der Waals surface area contributed by atoms with Crippen LogP contribution in [0.15, 0.2) is 103 Å². The Morgan fingerprint density at radius 3 is 1.97 bits per heavy atom. The highest BCUT2D eigenvalue weighted by Gasteiger charge is 2.20. The Hall–Kier alpha value is -4.58. The molecule has 4 rings (SSSR count). The number of anilines is 2. The van der Waals surface area contributed by atoms with Gasteiger partial charge in [-0.15, -0.1) is 0 Å². The van der Waals surface area contributed by atoms with E-state index in [4.69, 9.17) is 9.47 Å². The summed E-state index contributed by atoms with van der Waals surface area (Å²) in [5.74, 6) is 1.06. The summed E-state index contributed by atoms with van der Waals surface area (Å²) in [6, 6.07) is 31.6. The van der Waals surface area contributed by atoms with Crippen molar-refractivity contribution in [2.75, 3.05) is 17.7 Å². The lowest BCUT2D eigenvalue weighted by Crippen LogP contribution is -2.20. The first-order valence-corrected chi connectivity index (χ1v) is 12.2. The maximum Gasteiger partial charge on any atom is 0.323 e. The van der Waals surface area contributed by atoms with E-state index < -0.39 is 12.1 Å². The van der Waals surface area contributed by atoms with E-state index in [1.807, 2.05) is 67.6 Å². The van der Waals surface area contributed by atoms with Crippen LogP contribution in [-0.2, 0) is 0 Å². The first-order valence-electron chi connectivity index (χ1n) is 12.2. The zero-order chi connectivity index (χ0) is 26.0. The lowest BCUT2D eigenvalue weighted by molar-refractivity contribution is 0.0976. The van der Waals surface area contributed by atoms with Gasteiger partial charge in [0, 0.05) is 23.9 Å². The summed E-state index contributed by atoms with van der Waals surface area (Å²) in [4.78, 5) is 25.7. The quantitative estimate of drug-likeness (QED) is 0.224. The number of carbonyl (C=O) groups excluding carboxylic acids is 2. The fourth-order valence-electron chi connectivity index (χ4n) is 4.00. The molecule has 188 valence electrons. The second-order valence-corrected chi connectivity index (χ2v) is 8.51. The molecule has 0 aliphatic rings. The van der Waals surface area contributed by atoms with Crippen molar-refractivity contribution in [1.82, 2.24) is 0 Å². The molecule has 0 unspecified atom stereocenters. The van der Waals surface area contributed by atoms with Gasteiger partial charge in [0.25, 0.3) is 0 Å². The van der Waals surface area contributed by atoms with Gasteiger partial charge in [-0.05, 0) is 47.9 Å². The molecule has 37 heavy (non-hydrogen) atoms. The average molecular weight is 495 g/mol. The van der Waals surface area contributed by atoms with Crippen molar-refractivity contribution in [1.29, 1.82) is 0 Å². The molecule has 0 aliphatic heterocycles. The smallest absolute Gasteiger partial charge is 0.323 e. The van der Waals surface area contributed by atoms with E-state index in [-0.39, 0.29) is 5.78 Å². The lowest BCUT2D eigenvalue weighted by Gasteiger charge is -2.22. The Balaban J connectivity index is 1.61. The third-order valence-electron chi connectivity index (χ3n) is 5.79. The minimum Gasteiger partial charge on any atom is -0.497 e. The van der Waals surface area contributed by atoms with Crippen LogP contribution < -0.4 is 20.1 Å². The van der Waals surface area contributed by atoms with Crippen LogP contribution >= 0.6 is 0 Å². The second kappa shape index (κ2) is 12.4. The van der Waals surface area contributed by atoms with E-state index in [1.54, 1.807) is 49.6 Å². The van der Waals surface area contributed by atoms with Crippen LogP contribution in [0.5, 0.6) is 11.5 Å². The number of nitrogens with one attached hydrogen (secondary N) is 2. The predicted octanol–water partition coefficient (Wildman–Crippen LogP) is 7.49. The maximum atomic E-state index is 13.1. The van der Waals surface area contributed by atoms with Gasteiger partial charge >= 0.3 is 6.03 Å². The number of amides is 2. The van der Waals surface area contributed by atoms with Crippen LogP contribution in [0.4, 0.5) is 16.2 Å². The molecule has 0 atom stereocenters. The number of carbonyl (C=O) groups is 2. The normalized spacial score (nSPS) is 10.6. The Bertz CT molecular complexity index is 1300. The monoisotopic (exact) mass is 494 g/mol. The molecule has 0 saturated heterocycles. The van der Waals surface area contributed by atoms with Gasteiger partial charge in [0.1, 0.15) is 17.6 Å². The Morgan fingerprint density at radius 2 is 1.38 bits per heavy atom. The fraction of sp³-hybridized carbons (Fsp3) is 0.161. The van der Waals surface area contributed by atoms with Crippen molar-refractivity contribution < 1.29 is 19.1 Å². The minimum atomic E-state index is -0.428. The molecule has 4 aromatic rings. The summed E-state index contributed by atoms with van der Waals surface area (Å²) >= 11 is 0. The number of rotatable bonds is 10. The van der Waals surface area contributed by atoms with E-state index in [2.05, 4.69) is 10.6 Å². The lowest BCUT2D eigenvalue weighted by atomic mass is 10.0. The first-order chi connectivity index (χ1) is 18.1. The van der Waals surface area contributed by atoms with Crippen molar-refractivity contribution in [2.45, 2.75) is 25.9 Å². The Kier molecular flexibility index (Phi) is 8.55. The number of urea groups is 1. The Labute approximate surface area is 217 Å². The molecule has 6 nitrogen and oxygen atoms in total. The third kappa shape index (κ3) is 6.76. The molecule has 0 spiro atoms. The molecule has 0 fully saturated rings. The second-order valence-electron chi connectivity index (χ2n) is 8.51. The van der Waals surface area contributed by atoms with Crippen LogP contribution in [0, 0.1) is 0 Å². The SMILES string of the molecule is CCCC(=O)c1cc(NC(=O)Nc2cccc(OC)c2)ccc1OC(c1ccccc1)c1ccccc1. The molecular formula is C31H30N2O4. The number of hydrogen-bond donors (Lipinski definition) is 2. The number of Topliss-reactive ketones (excluding diaryl/α,β-unsaturated/α-hetero) is 1. The van der Waals surface area contributed by atoms with Crippen molar-refractivity contribution in [3.8, 4) is 11.5 Å². The summed E-state index contributed by atoms with van der Waals surface area (Å²) in [5, 5.41) is 5.59. The molecule has 0 aromatic heterocycles. The van der Waals surface area contributed by atoms with Crippen LogP contribution in [-0.4, -0.2) is 18.9 Å². The van der Waals surface area contributed by atoms with Crippen LogP contribution in [0.2, 0.25) is 0 Å². The van der Waals surface area contributed by atoms with Gasteiger partial charge in [0.2, 0.25) is 0 Å². The summed E-state index contributed by atoms with van der Waals surface area (Å²) in [7, 11) is 1.57. The summed E-state index contributed by atoms with van der Waals surface area (Å²) in [5.41, 5.74) is 3.46. The molecule has 4 aromatic carbocycles. The number of ether oxygens (including phenoxy) is 2.